The molecule has 0 aliphatic rings. The lowest BCUT2D eigenvalue weighted by Gasteiger charge is -2.11. The van der Waals surface area contributed by atoms with Crippen molar-refractivity contribution in [1.29, 1.82) is 0 Å². The molecule has 0 aliphatic carbocycles. The monoisotopic (exact) mass is 267 g/mol. The molecule has 1 aromatic heterocycles. The van der Waals surface area contributed by atoms with E-state index in [4.69, 9.17) is 4.74 Å². The van der Waals surface area contributed by atoms with Gasteiger partial charge >= 0.3 is 0 Å². The molecule has 0 bridgehead atoms. The lowest BCUT2D eigenvalue weighted by Crippen LogP contribution is -2.00. The van der Waals surface area contributed by atoms with Gasteiger partial charge in [-0.15, -0.1) is 0 Å². The van der Waals surface area contributed by atoms with Crippen molar-refractivity contribution in [1.82, 2.24) is 4.98 Å². The molecule has 3 nitrogen and oxygen atoms in total. The highest BCUT2D eigenvalue weighted by molar-refractivity contribution is 9.08. The lowest BCUT2D eigenvalue weighted by atomic mass is 10.2. The molecule has 0 radical (unpaired) electrons. The van der Waals surface area contributed by atoms with Gasteiger partial charge in [0, 0.05) is 5.33 Å². The van der Waals surface area contributed by atoms with Crippen LogP contribution in [0.15, 0.2) is 6.20 Å². The summed E-state index contributed by atoms with van der Waals surface area (Å²) in [6.07, 6.45) is -1.73. The second-order valence-corrected chi connectivity index (χ2v) is 3.04. The molecule has 0 aromatic carbocycles. The van der Waals surface area contributed by atoms with Crippen molar-refractivity contribution < 1.29 is 18.6 Å². The third kappa shape index (κ3) is 1.95. The fourth-order valence-corrected chi connectivity index (χ4v) is 1.59. The Balaban J connectivity index is 3.33. The third-order valence-electron chi connectivity index (χ3n) is 1.69. The van der Waals surface area contributed by atoms with Crippen LogP contribution in [-0.4, -0.2) is 17.2 Å². The maximum atomic E-state index is 12.4. The summed E-state index contributed by atoms with van der Waals surface area (Å²) >= 11 is 3.07. The van der Waals surface area contributed by atoms with Crippen LogP contribution >= 0.6 is 15.9 Å². The average Bonchev–Trinajstić information content (AvgIpc) is 2.16. The van der Waals surface area contributed by atoms with Crippen molar-refractivity contribution in [2.75, 3.05) is 7.11 Å². The Bertz CT molecular complexity index is 333. The number of hydrogen-bond acceptors (Lipinski definition) is 3. The van der Waals surface area contributed by atoms with E-state index in [0.29, 0.717) is 0 Å². The quantitative estimate of drug-likeness (QED) is 0.857. The Morgan fingerprint density at radius 1 is 1.64 bits per heavy atom. The summed E-state index contributed by atoms with van der Waals surface area (Å²) in [5, 5.41) is 9.54. The zero-order chi connectivity index (χ0) is 10.7. The van der Waals surface area contributed by atoms with Crippen LogP contribution in [0.2, 0.25) is 0 Å². The number of alkyl halides is 3. The number of aromatic hydroxyl groups is 1. The summed E-state index contributed by atoms with van der Waals surface area (Å²) in [7, 11) is 1.26. The van der Waals surface area contributed by atoms with Gasteiger partial charge in [-0.25, -0.2) is 13.8 Å². The van der Waals surface area contributed by atoms with E-state index in [0.717, 1.165) is 6.20 Å². The summed E-state index contributed by atoms with van der Waals surface area (Å²) in [6, 6.07) is 0. The molecular weight excluding hydrogens is 260 g/mol. The largest absolute Gasteiger partial charge is 0.506 e. The van der Waals surface area contributed by atoms with E-state index in [1.165, 1.54) is 7.11 Å². The highest BCUT2D eigenvalue weighted by Gasteiger charge is 2.20. The van der Waals surface area contributed by atoms with Crippen LogP contribution in [0, 0.1) is 0 Å². The number of nitrogens with zero attached hydrogens (tertiary/aromatic N) is 1. The maximum Gasteiger partial charge on any atom is 0.284 e. The molecule has 0 fully saturated rings. The number of rotatable bonds is 3. The standard InChI is InChI=1S/C8H8BrF2NO2/c1-14-7-4(2-9)5(13)3-12-6(7)8(10)11/h3,8,13H,2H2,1H3. The first-order valence-electron chi connectivity index (χ1n) is 3.70. The topological polar surface area (TPSA) is 42.4 Å². The van der Waals surface area contributed by atoms with E-state index in [1.54, 1.807) is 0 Å². The molecule has 1 rings (SSSR count). The fraction of sp³-hybridized carbons (Fsp3) is 0.375. The van der Waals surface area contributed by atoms with Crippen LogP contribution in [0.4, 0.5) is 8.78 Å². The van der Waals surface area contributed by atoms with Gasteiger partial charge in [0.15, 0.2) is 5.75 Å². The highest BCUT2D eigenvalue weighted by atomic mass is 79.9. The van der Waals surface area contributed by atoms with Crippen LogP contribution in [0.3, 0.4) is 0 Å². The molecule has 14 heavy (non-hydrogen) atoms. The van der Waals surface area contributed by atoms with Gasteiger partial charge in [-0.05, 0) is 0 Å². The molecular formula is C8H8BrF2NO2. The van der Waals surface area contributed by atoms with Gasteiger partial charge in [-0.1, -0.05) is 15.9 Å². The Hall–Kier alpha value is -0.910. The van der Waals surface area contributed by atoms with Crippen LogP contribution in [0.25, 0.3) is 0 Å². The van der Waals surface area contributed by atoms with Crippen LogP contribution in [0.5, 0.6) is 11.5 Å². The molecule has 1 aromatic rings. The zero-order valence-corrected chi connectivity index (χ0v) is 8.88. The first-order valence-corrected chi connectivity index (χ1v) is 4.82. The number of aromatic nitrogens is 1. The Morgan fingerprint density at radius 2 is 2.29 bits per heavy atom. The van der Waals surface area contributed by atoms with Crippen LogP contribution < -0.4 is 4.74 Å². The predicted molar refractivity (Wildman–Crippen MR) is 50.0 cm³/mol. The summed E-state index contributed by atoms with van der Waals surface area (Å²) in [6.45, 7) is 0. The molecule has 0 saturated carbocycles. The fourth-order valence-electron chi connectivity index (χ4n) is 1.05. The minimum atomic E-state index is -2.72. The molecule has 0 aliphatic heterocycles. The average molecular weight is 268 g/mol. The number of ether oxygens (including phenoxy) is 1. The van der Waals surface area contributed by atoms with Crippen molar-refractivity contribution in [3.05, 3.63) is 17.5 Å². The molecule has 1 heterocycles. The lowest BCUT2D eigenvalue weighted by molar-refractivity contribution is 0.141. The van der Waals surface area contributed by atoms with E-state index in [1.807, 2.05) is 0 Å². The predicted octanol–water partition coefficient (Wildman–Crippen LogP) is 2.63. The number of halogens is 3. The summed E-state index contributed by atoms with van der Waals surface area (Å²) in [5.74, 6) is -0.236. The Morgan fingerprint density at radius 3 is 2.71 bits per heavy atom. The molecule has 78 valence electrons. The van der Waals surface area contributed by atoms with Gasteiger partial charge in [-0.3, -0.25) is 0 Å². The van der Waals surface area contributed by atoms with E-state index in [2.05, 4.69) is 20.9 Å². The smallest absolute Gasteiger partial charge is 0.284 e. The van der Waals surface area contributed by atoms with E-state index >= 15 is 0 Å². The molecule has 0 spiro atoms. The maximum absolute atomic E-state index is 12.4. The van der Waals surface area contributed by atoms with E-state index in [9.17, 15) is 13.9 Å². The summed E-state index contributed by atoms with van der Waals surface area (Å²) in [4.78, 5) is 3.41. The second-order valence-electron chi connectivity index (χ2n) is 2.47. The van der Waals surface area contributed by atoms with E-state index < -0.39 is 12.1 Å². The van der Waals surface area contributed by atoms with Crippen molar-refractivity contribution in [2.45, 2.75) is 11.8 Å². The molecule has 1 N–H and O–H groups in total. The van der Waals surface area contributed by atoms with Crippen molar-refractivity contribution in [3.63, 3.8) is 0 Å². The SMILES string of the molecule is COc1c(C(F)F)ncc(O)c1CBr. The minimum absolute atomic E-state index is 0.0723. The van der Waals surface area contributed by atoms with Gasteiger partial charge < -0.3 is 9.84 Å². The Kier molecular flexibility index (Phi) is 3.62. The first kappa shape index (κ1) is 11.2. The molecule has 0 atom stereocenters. The van der Waals surface area contributed by atoms with Crippen LogP contribution in [0.1, 0.15) is 17.7 Å². The van der Waals surface area contributed by atoms with Gasteiger partial charge in [-0.2, -0.15) is 0 Å². The normalized spacial score (nSPS) is 10.6. The number of pyridine rings is 1. The van der Waals surface area contributed by atoms with Gasteiger partial charge in [0.05, 0.1) is 18.9 Å². The molecule has 6 heteroatoms. The third-order valence-corrected chi connectivity index (χ3v) is 2.25. The highest BCUT2D eigenvalue weighted by Crippen LogP contribution is 2.35. The minimum Gasteiger partial charge on any atom is -0.506 e. The molecule has 0 unspecified atom stereocenters. The van der Waals surface area contributed by atoms with Crippen molar-refractivity contribution in [2.24, 2.45) is 0 Å². The van der Waals surface area contributed by atoms with Gasteiger partial charge in [0.2, 0.25) is 0 Å². The zero-order valence-electron chi connectivity index (χ0n) is 7.30. The molecule has 0 saturated heterocycles. The Labute approximate surface area is 87.9 Å². The molecule has 0 amide bonds. The summed E-state index contributed by atoms with van der Waals surface area (Å²) in [5.41, 5.74) is -0.183. The first-order chi connectivity index (χ1) is 6.61. The van der Waals surface area contributed by atoms with Crippen molar-refractivity contribution >= 4 is 15.9 Å². The van der Waals surface area contributed by atoms with Gasteiger partial charge in [0.25, 0.3) is 6.43 Å². The number of methoxy groups -OCH3 is 1. The second kappa shape index (κ2) is 4.54. The summed E-state index contributed by atoms with van der Waals surface area (Å²) < 4.78 is 29.6. The number of hydrogen-bond donors (Lipinski definition) is 1. The van der Waals surface area contributed by atoms with Gasteiger partial charge in [0.1, 0.15) is 11.4 Å². The van der Waals surface area contributed by atoms with Crippen molar-refractivity contribution in [3.8, 4) is 11.5 Å². The van der Waals surface area contributed by atoms with Crippen LogP contribution in [-0.2, 0) is 5.33 Å². The van der Waals surface area contributed by atoms with E-state index in [-0.39, 0.29) is 22.4 Å².